The Morgan fingerprint density at radius 3 is 2.55 bits per heavy atom. The van der Waals surface area contributed by atoms with Gasteiger partial charge < -0.3 is 4.90 Å². The zero-order chi connectivity index (χ0) is 15.7. The van der Waals surface area contributed by atoms with Crippen molar-refractivity contribution in [1.82, 2.24) is 14.2 Å². The van der Waals surface area contributed by atoms with E-state index < -0.39 is 10.0 Å². The van der Waals surface area contributed by atoms with Crippen molar-refractivity contribution in [1.29, 1.82) is 0 Å². The summed E-state index contributed by atoms with van der Waals surface area (Å²) in [6.45, 7) is 7.69. The van der Waals surface area contributed by atoms with Gasteiger partial charge in [-0.2, -0.15) is 4.31 Å². The average Bonchev–Trinajstić information content (AvgIpc) is 2.55. The number of pyridine rings is 1. The lowest BCUT2D eigenvalue weighted by atomic mass is 10.1. The van der Waals surface area contributed by atoms with Crippen LogP contribution in [0.5, 0.6) is 0 Å². The lowest BCUT2D eigenvalue weighted by Crippen LogP contribution is -2.48. The zero-order valence-corrected chi connectivity index (χ0v) is 13.8. The molecule has 0 unspecified atom stereocenters. The Hall–Kier alpha value is -1.50. The predicted molar refractivity (Wildman–Crippen MR) is 87.4 cm³/mol. The van der Waals surface area contributed by atoms with Crippen LogP contribution >= 0.6 is 0 Å². The molecule has 0 N–H and O–H groups in total. The number of aryl methyl sites for hydroxylation is 1. The second kappa shape index (κ2) is 5.95. The third kappa shape index (κ3) is 2.62. The quantitative estimate of drug-likeness (QED) is 0.867. The fraction of sp³-hybridized carbons (Fsp3) is 0.438. The van der Waals surface area contributed by atoms with E-state index >= 15 is 0 Å². The molecule has 6 heteroatoms. The molecule has 1 aliphatic heterocycles. The van der Waals surface area contributed by atoms with Crippen molar-refractivity contribution in [3.63, 3.8) is 0 Å². The molecular weight excluding hydrogens is 298 g/mol. The third-order valence-corrected chi connectivity index (χ3v) is 6.28. The fourth-order valence-electron chi connectivity index (χ4n) is 2.94. The molecule has 5 nitrogen and oxygen atoms in total. The summed E-state index contributed by atoms with van der Waals surface area (Å²) in [4.78, 5) is 6.97. The third-order valence-electron chi connectivity index (χ3n) is 4.33. The van der Waals surface area contributed by atoms with Gasteiger partial charge in [0.15, 0.2) is 0 Å². The lowest BCUT2D eigenvalue weighted by molar-refractivity contribution is 0.196. The summed E-state index contributed by atoms with van der Waals surface area (Å²) in [5.74, 6) is 0. The van der Waals surface area contributed by atoms with Crippen LogP contribution in [0.4, 0.5) is 0 Å². The molecule has 1 aliphatic rings. The molecule has 22 heavy (non-hydrogen) atoms. The number of likely N-dealkylation sites (N-methyl/N-ethyl adjacent to an activating group) is 1. The van der Waals surface area contributed by atoms with Gasteiger partial charge in [0.2, 0.25) is 10.0 Å². The van der Waals surface area contributed by atoms with Crippen molar-refractivity contribution >= 4 is 20.9 Å². The molecular formula is C16H21N3O2S. The fourth-order valence-corrected chi connectivity index (χ4v) is 4.54. The van der Waals surface area contributed by atoms with E-state index in [0.717, 1.165) is 30.7 Å². The van der Waals surface area contributed by atoms with Crippen LogP contribution in [0.25, 0.3) is 10.9 Å². The van der Waals surface area contributed by atoms with Gasteiger partial charge in [0, 0.05) is 37.8 Å². The highest BCUT2D eigenvalue weighted by Crippen LogP contribution is 2.27. The maximum atomic E-state index is 13.0. The van der Waals surface area contributed by atoms with Gasteiger partial charge in [-0.25, -0.2) is 8.42 Å². The Morgan fingerprint density at radius 1 is 1.14 bits per heavy atom. The number of nitrogens with zero attached hydrogens (tertiary/aromatic N) is 3. The minimum atomic E-state index is -3.47. The van der Waals surface area contributed by atoms with Crippen LogP contribution in [0.3, 0.4) is 0 Å². The summed E-state index contributed by atoms with van der Waals surface area (Å²) in [6, 6.07) is 7.17. The van der Waals surface area contributed by atoms with Crippen molar-refractivity contribution in [2.24, 2.45) is 0 Å². The first kappa shape index (κ1) is 15.4. The topological polar surface area (TPSA) is 53.5 Å². The number of rotatable bonds is 3. The SMILES string of the molecule is CCN1CCN(S(=O)(=O)c2ccc(C)c3ncccc23)CC1. The van der Waals surface area contributed by atoms with Gasteiger partial charge in [-0.3, -0.25) is 4.98 Å². The van der Waals surface area contributed by atoms with Crippen molar-refractivity contribution in [2.45, 2.75) is 18.7 Å². The Labute approximate surface area is 131 Å². The van der Waals surface area contributed by atoms with Gasteiger partial charge >= 0.3 is 0 Å². The molecule has 0 atom stereocenters. The highest BCUT2D eigenvalue weighted by molar-refractivity contribution is 7.89. The molecule has 0 bridgehead atoms. The Morgan fingerprint density at radius 2 is 1.86 bits per heavy atom. The van der Waals surface area contributed by atoms with Crippen LogP contribution in [-0.2, 0) is 10.0 Å². The standard InChI is InChI=1S/C16H21N3O2S/c1-3-18-9-11-19(12-10-18)22(20,21)15-7-6-13(2)16-14(15)5-4-8-17-16/h4-8H,3,9-12H2,1-2H3. The van der Waals surface area contributed by atoms with Gasteiger partial charge in [-0.1, -0.05) is 13.0 Å². The molecule has 2 aromatic rings. The van der Waals surface area contributed by atoms with Gasteiger partial charge in [0.05, 0.1) is 10.4 Å². The number of sulfonamides is 1. The number of aromatic nitrogens is 1. The minimum Gasteiger partial charge on any atom is -0.301 e. The number of piperazine rings is 1. The molecule has 0 radical (unpaired) electrons. The number of hydrogen-bond acceptors (Lipinski definition) is 4. The van der Waals surface area contributed by atoms with Crippen LogP contribution in [0.2, 0.25) is 0 Å². The van der Waals surface area contributed by atoms with Crippen LogP contribution < -0.4 is 0 Å². The molecule has 1 saturated heterocycles. The zero-order valence-electron chi connectivity index (χ0n) is 13.0. The molecule has 1 fully saturated rings. The predicted octanol–water partition coefficient (Wildman–Crippen LogP) is 1.87. The van der Waals surface area contributed by atoms with Crippen molar-refractivity contribution in [3.05, 3.63) is 36.0 Å². The monoisotopic (exact) mass is 319 g/mol. The number of hydrogen-bond donors (Lipinski definition) is 0. The normalized spacial score (nSPS) is 17.9. The molecule has 1 aromatic carbocycles. The van der Waals surface area contributed by atoms with E-state index in [-0.39, 0.29) is 0 Å². The summed E-state index contributed by atoms with van der Waals surface area (Å²) in [7, 11) is -3.47. The molecule has 0 saturated carbocycles. The number of benzene rings is 1. The summed E-state index contributed by atoms with van der Waals surface area (Å²) in [6.07, 6.45) is 1.70. The van der Waals surface area contributed by atoms with Crippen LogP contribution in [0.15, 0.2) is 35.4 Å². The number of fused-ring (bicyclic) bond motifs is 1. The van der Waals surface area contributed by atoms with Crippen molar-refractivity contribution in [3.8, 4) is 0 Å². The second-order valence-electron chi connectivity index (χ2n) is 5.62. The molecule has 1 aromatic heterocycles. The van der Waals surface area contributed by atoms with E-state index in [0.29, 0.717) is 23.4 Å². The van der Waals surface area contributed by atoms with E-state index in [4.69, 9.17) is 0 Å². The molecule has 118 valence electrons. The molecule has 0 aliphatic carbocycles. The first-order valence-corrected chi connectivity index (χ1v) is 9.05. The summed E-state index contributed by atoms with van der Waals surface area (Å²) in [5.41, 5.74) is 1.75. The highest BCUT2D eigenvalue weighted by Gasteiger charge is 2.29. The minimum absolute atomic E-state index is 0.367. The first-order chi connectivity index (χ1) is 10.5. The molecule has 3 rings (SSSR count). The van der Waals surface area contributed by atoms with E-state index in [2.05, 4.69) is 16.8 Å². The lowest BCUT2D eigenvalue weighted by Gasteiger charge is -2.33. The Kier molecular flexibility index (Phi) is 4.16. The van der Waals surface area contributed by atoms with Crippen LogP contribution in [0, 0.1) is 6.92 Å². The van der Waals surface area contributed by atoms with E-state index in [9.17, 15) is 8.42 Å². The second-order valence-corrected chi connectivity index (χ2v) is 7.52. The van der Waals surface area contributed by atoms with Gasteiger partial charge in [-0.15, -0.1) is 0 Å². The van der Waals surface area contributed by atoms with Crippen molar-refractivity contribution < 1.29 is 8.42 Å². The van der Waals surface area contributed by atoms with Gasteiger partial charge in [0.25, 0.3) is 0 Å². The Bertz CT molecular complexity index is 781. The summed E-state index contributed by atoms with van der Waals surface area (Å²) in [5, 5.41) is 0.709. The smallest absolute Gasteiger partial charge is 0.243 e. The van der Waals surface area contributed by atoms with Crippen molar-refractivity contribution in [2.75, 3.05) is 32.7 Å². The largest absolute Gasteiger partial charge is 0.301 e. The Balaban J connectivity index is 2.02. The summed E-state index contributed by atoms with van der Waals surface area (Å²) < 4.78 is 27.6. The highest BCUT2D eigenvalue weighted by atomic mass is 32.2. The van der Waals surface area contributed by atoms with E-state index in [1.165, 1.54) is 0 Å². The van der Waals surface area contributed by atoms with E-state index in [1.807, 2.05) is 19.1 Å². The maximum Gasteiger partial charge on any atom is 0.243 e. The van der Waals surface area contributed by atoms with Crippen LogP contribution in [0.1, 0.15) is 12.5 Å². The van der Waals surface area contributed by atoms with Gasteiger partial charge in [0.1, 0.15) is 0 Å². The maximum absolute atomic E-state index is 13.0. The first-order valence-electron chi connectivity index (χ1n) is 7.61. The molecule has 0 spiro atoms. The molecule has 0 amide bonds. The summed E-state index contributed by atoms with van der Waals surface area (Å²) >= 11 is 0. The van der Waals surface area contributed by atoms with E-state index in [1.54, 1.807) is 22.6 Å². The average molecular weight is 319 g/mol. The van der Waals surface area contributed by atoms with Gasteiger partial charge in [-0.05, 0) is 37.2 Å². The van der Waals surface area contributed by atoms with Crippen LogP contribution in [-0.4, -0.2) is 55.3 Å². The molecule has 2 heterocycles.